The van der Waals surface area contributed by atoms with Crippen molar-refractivity contribution in [2.24, 2.45) is 0 Å². The standard InChI is InChI=1S/C11H10N2O2/c1-2-12-8-6-9(14)11(15)7-4-3-5-13-10(7)8/h3-6,12H,2H2,1H3. The molecule has 0 spiro atoms. The lowest BCUT2D eigenvalue weighted by molar-refractivity contribution is -0.111. The van der Waals surface area contributed by atoms with Crippen LogP contribution in [0.15, 0.2) is 24.4 Å². The summed E-state index contributed by atoms with van der Waals surface area (Å²) in [5, 5.41) is 3.02. The number of rotatable bonds is 2. The van der Waals surface area contributed by atoms with E-state index in [0.29, 0.717) is 23.5 Å². The number of hydrogen-bond donors (Lipinski definition) is 1. The van der Waals surface area contributed by atoms with Gasteiger partial charge in [0.05, 0.1) is 17.0 Å². The van der Waals surface area contributed by atoms with Gasteiger partial charge in [-0.3, -0.25) is 14.6 Å². The Hall–Kier alpha value is -1.97. The highest BCUT2D eigenvalue weighted by Gasteiger charge is 2.25. The van der Waals surface area contributed by atoms with Gasteiger partial charge < -0.3 is 5.32 Å². The molecule has 4 heteroatoms. The van der Waals surface area contributed by atoms with Gasteiger partial charge in [0.25, 0.3) is 0 Å². The summed E-state index contributed by atoms with van der Waals surface area (Å²) in [5.41, 5.74) is 1.56. The first-order valence-electron chi connectivity index (χ1n) is 4.73. The molecule has 15 heavy (non-hydrogen) atoms. The van der Waals surface area contributed by atoms with E-state index >= 15 is 0 Å². The molecule has 1 N–H and O–H groups in total. The molecule has 1 heterocycles. The Labute approximate surface area is 87.0 Å². The van der Waals surface area contributed by atoms with Crippen LogP contribution in [0.5, 0.6) is 0 Å². The lowest BCUT2D eigenvalue weighted by Gasteiger charge is -2.15. The average Bonchev–Trinajstić information content (AvgIpc) is 2.26. The van der Waals surface area contributed by atoms with Gasteiger partial charge in [-0.05, 0) is 19.1 Å². The zero-order valence-electron chi connectivity index (χ0n) is 8.28. The summed E-state index contributed by atoms with van der Waals surface area (Å²) in [4.78, 5) is 27.0. The van der Waals surface area contributed by atoms with Gasteiger partial charge in [0, 0.05) is 18.8 Å². The van der Waals surface area contributed by atoms with Gasteiger partial charge in [-0.1, -0.05) is 0 Å². The summed E-state index contributed by atoms with van der Waals surface area (Å²) in [6, 6.07) is 3.27. The van der Waals surface area contributed by atoms with E-state index in [2.05, 4.69) is 10.3 Å². The van der Waals surface area contributed by atoms with E-state index in [9.17, 15) is 9.59 Å². The minimum Gasteiger partial charge on any atom is -0.383 e. The van der Waals surface area contributed by atoms with E-state index in [4.69, 9.17) is 0 Å². The van der Waals surface area contributed by atoms with Crippen molar-refractivity contribution in [1.29, 1.82) is 0 Å². The first-order valence-corrected chi connectivity index (χ1v) is 4.73. The van der Waals surface area contributed by atoms with Gasteiger partial charge in [-0.15, -0.1) is 0 Å². The van der Waals surface area contributed by atoms with Crippen molar-refractivity contribution in [2.45, 2.75) is 6.92 Å². The fourth-order valence-corrected chi connectivity index (χ4v) is 1.53. The van der Waals surface area contributed by atoms with Crippen molar-refractivity contribution in [3.63, 3.8) is 0 Å². The maximum Gasteiger partial charge on any atom is 0.235 e. The van der Waals surface area contributed by atoms with E-state index in [1.807, 2.05) is 6.92 Å². The number of ketones is 2. The van der Waals surface area contributed by atoms with Crippen molar-refractivity contribution in [1.82, 2.24) is 10.3 Å². The monoisotopic (exact) mass is 202 g/mol. The molecule has 4 nitrogen and oxygen atoms in total. The topological polar surface area (TPSA) is 59.1 Å². The van der Waals surface area contributed by atoms with Crippen LogP contribution in [0.3, 0.4) is 0 Å². The second-order valence-corrected chi connectivity index (χ2v) is 3.18. The fraction of sp³-hybridized carbons (Fsp3) is 0.182. The molecule has 1 aromatic heterocycles. The van der Waals surface area contributed by atoms with Gasteiger partial charge in [-0.25, -0.2) is 0 Å². The molecule has 0 amide bonds. The highest BCUT2D eigenvalue weighted by atomic mass is 16.2. The van der Waals surface area contributed by atoms with Crippen LogP contribution in [0.1, 0.15) is 23.0 Å². The van der Waals surface area contributed by atoms with Crippen molar-refractivity contribution in [3.05, 3.63) is 35.7 Å². The van der Waals surface area contributed by atoms with E-state index in [1.165, 1.54) is 6.08 Å². The molecule has 0 aromatic carbocycles. The normalized spacial score (nSPS) is 14.6. The molecule has 1 aromatic rings. The maximum atomic E-state index is 11.5. The average molecular weight is 202 g/mol. The largest absolute Gasteiger partial charge is 0.383 e. The third kappa shape index (κ3) is 1.54. The molecule has 0 unspecified atom stereocenters. The predicted molar refractivity (Wildman–Crippen MR) is 55.2 cm³/mol. The third-order valence-electron chi connectivity index (χ3n) is 2.17. The number of pyridine rings is 1. The second-order valence-electron chi connectivity index (χ2n) is 3.18. The van der Waals surface area contributed by atoms with E-state index in [-0.39, 0.29) is 0 Å². The first kappa shape index (κ1) is 9.58. The van der Waals surface area contributed by atoms with Gasteiger partial charge in [-0.2, -0.15) is 0 Å². The predicted octanol–water partition coefficient (Wildman–Crippen LogP) is 0.797. The molecule has 0 atom stereocenters. The Bertz CT molecular complexity index is 463. The van der Waals surface area contributed by atoms with Crippen LogP contribution in [0.2, 0.25) is 0 Å². The second kappa shape index (κ2) is 3.65. The summed E-state index contributed by atoms with van der Waals surface area (Å²) in [7, 11) is 0. The number of aromatic nitrogens is 1. The lowest BCUT2D eigenvalue weighted by Crippen LogP contribution is -2.25. The maximum absolute atomic E-state index is 11.5. The molecule has 0 saturated heterocycles. The molecule has 0 radical (unpaired) electrons. The number of allylic oxidation sites excluding steroid dienone is 1. The molecule has 76 valence electrons. The van der Waals surface area contributed by atoms with E-state index in [0.717, 1.165) is 0 Å². The van der Waals surface area contributed by atoms with Gasteiger partial charge in [0.1, 0.15) is 0 Å². The quantitative estimate of drug-likeness (QED) is 0.720. The van der Waals surface area contributed by atoms with Crippen molar-refractivity contribution >= 4 is 17.3 Å². The molecule has 2 rings (SSSR count). The summed E-state index contributed by atoms with van der Waals surface area (Å²) in [6.45, 7) is 2.60. The Morgan fingerprint density at radius 3 is 2.93 bits per heavy atom. The zero-order chi connectivity index (χ0) is 10.8. The van der Waals surface area contributed by atoms with Gasteiger partial charge in [0.15, 0.2) is 0 Å². The number of fused-ring (bicyclic) bond motifs is 1. The summed E-state index contributed by atoms with van der Waals surface area (Å²) in [6.07, 6.45) is 2.91. The number of nitrogens with zero attached hydrogens (tertiary/aromatic N) is 1. The van der Waals surface area contributed by atoms with Crippen LogP contribution in [-0.4, -0.2) is 23.1 Å². The molecule has 1 aliphatic rings. The van der Waals surface area contributed by atoms with Crippen LogP contribution < -0.4 is 5.32 Å². The van der Waals surface area contributed by atoms with Gasteiger partial charge >= 0.3 is 0 Å². The smallest absolute Gasteiger partial charge is 0.235 e. The first-order chi connectivity index (χ1) is 7.24. The number of hydrogen-bond acceptors (Lipinski definition) is 4. The Balaban J connectivity index is 2.55. The van der Waals surface area contributed by atoms with Crippen molar-refractivity contribution < 1.29 is 9.59 Å². The third-order valence-corrected chi connectivity index (χ3v) is 2.17. The molecule has 0 saturated carbocycles. The molecular weight excluding hydrogens is 192 g/mol. The summed E-state index contributed by atoms with van der Waals surface area (Å²) >= 11 is 0. The Morgan fingerprint density at radius 1 is 1.40 bits per heavy atom. The molecule has 0 fully saturated rings. The number of carbonyl (C=O) groups is 2. The highest BCUT2D eigenvalue weighted by molar-refractivity contribution is 6.50. The van der Waals surface area contributed by atoms with Crippen LogP contribution >= 0.6 is 0 Å². The summed E-state index contributed by atoms with van der Waals surface area (Å²) < 4.78 is 0. The van der Waals surface area contributed by atoms with Crippen LogP contribution in [-0.2, 0) is 4.79 Å². The number of carbonyl (C=O) groups excluding carboxylic acids is 2. The molecule has 1 aliphatic carbocycles. The van der Waals surface area contributed by atoms with Crippen LogP contribution in [0.25, 0.3) is 5.70 Å². The van der Waals surface area contributed by atoms with Crippen LogP contribution in [0.4, 0.5) is 0 Å². The van der Waals surface area contributed by atoms with Crippen LogP contribution in [0, 0.1) is 0 Å². The van der Waals surface area contributed by atoms with Crippen molar-refractivity contribution in [3.8, 4) is 0 Å². The van der Waals surface area contributed by atoms with E-state index in [1.54, 1.807) is 18.3 Å². The highest BCUT2D eigenvalue weighted by Crippen LogP contribution is 2.20. The zero-order valence-corrected chi connectivity index (χ0v) is 8.28. The van der Waals surface area contributed by atoms with E-state index < -0.39 is 11.6 Å². The van der Waals surface area contributed by atoms with Gasteiger partial charge in [0.2, 0.25) is 11.6 Å². The Kier molecular flexibility index (Phi) is 2.33. The lowest BCUT2D eigenvalue weighted by atomic mass is 9.97. The molecular formula is C11H10N2O2. The minimum absolute atomic E-state index is 0.376. The number of Topliss-reactive ketones (excluding diaryl/α,β-unsaturated/α-hetero) is 1. The minimum atomic E-state index is -0.494. The SMILES string of the molecule is CCNC1=CC(=O)C(=O)c2cccnc21. The number of nitrogens with one attached hydrogen (secondary N) is 1. The fourth-order valence-electron chi connectivity index (χ4n) is 1.53. The molecule has 0 bridgehead atoms. The van der Waals surface area contributed by atoms with Crippen molar-refractivity contribution in [2.75, 3.05) is 6.54 Å². The molecule has 0 aliphatic heterocycles. The Morgan fingerprint density at radius 2 is 2.20 bits per heavy atom. The summed E-state index contributed by atoms with van der Waals surface area (Å²) in [5.74, 6) is -0.980.